The maximum atomic E-state index is 5.57. The molecule has 0 amide bonds. The van der Waals surface area contributed by atoms with Crippen LogP contribution in [0.2, 0.25) is 0 Å². The van der Waals surface area contributed by atoms with Crippen molar-refractivity contribution >= 4 is 11.0 Å². The molecule has 1 atom stereocenters. The minimum absolute atomic E-state index is 0.0233. The van der Waals surface area contributed by atoms with Gasteiger partial charge in [-0.25, -0.2) is 4.98 Å². The van der Waals surface area contributed by atoms with Gasteiger partial charge < -0.3 is 14.6 Å². The van der Waals surface area contributed by atoms with Crippen LogP contribution in [0.25, 0.3) is 11.0 Å². The molecule has 5 heteroatoms. The Morgan fingerprint density at radius 3 is 2.95 bits per heavy atom. The van der Waals surface area contributed by atoms with Crippen molar-refractivity contribution in [1.82, 2.24) is 19.9 Å². The number of nitrogens with one attached hydrogen (secondary N) is 1. The Bertz CT molecular complexity index is 579. The molecule has 19 heavy (non-hydrogen) atoms. The van der Waals surface area contributed by atoms with E-state index in [1.54, 1.807) is 0 Å². The van der Waals surface area contributed by atoms with E-state index in [0.717, 1.165) is 30.0 Å². The van der Waals surface area contributed by atoms with Crippen molar-refractivity contribution in [3.63, 3.8) is 0 Å². The molecule has 3 heterocycles. The van der Waals surface area contributed by atoms with Crippen molar-refractivity contribution in [2.75, 3.05) is 19.8 Å². The van der Waals surface area contributed by atoms with Crippen LogP contribution < -0.4 is 5.32 Å². The van der Waals surface area contributed by atoms with Crippen LogP contribution in [0.4, 0.5) is 0 Å². The van der Waals surface area contributed by atoms with E-state index in [4.69, 9.17) is 9.72 Å². The fourth-order valence-electron chi connectivity index (χ4n) is 2.62. The van der Waals surface area contributed by atoms with Crippen LogP contribution in [-0.2, 0) is 10.3 Å². The average Bonchev–Trinajstić information content (AvgIpc) is 2.79. The van der Waals surface area contributed by atoms with Crippen molar-refractivity contribution in [2.45, 2.75) is 32.4 Å². The number of rotatable bonds is 1. The first-order valence-electron chi connectivity index (χ1n) is 6.71. The van der Waals surface area contributed by atoms with Crippen LogP contribution >= 0.6 is 0 Å². The molecular formula is C14H20N4O. The monoisotopic (exact) mass is 260 g/mol. The fraction of sp³-hybridized carbons (Fsp3) is 0.571. The smallest absolute Gasteiger partial charge is 0.130 e. The van der Waals surface area contributed by atoms with Crippen molar-refractivity contribution in [3.05, 3.63) is 24.3 Å². The lowest BCUT2D eigenvalue weighted by molar-refractivity contribution is 0.0719. The van der Waals surface area contributed by atoms with Gasteiger partial charge in [-0.3, -0.25) is 4.98 Å². The summed E-state index contributed by atoms with van der Waals surface area (Å²) in [5.41, 5.74) is 2.05. The predicted molar refractivity (Wildman–Crippen MR) is 74.1 cm³/mol. The number of nitrogens with zero attached hydrogens (tertiary/aromatic N) is 3. The van der Waals surface area contributed by atoms with Gasteiger partial charge in [0, 0.05) is 18.3 Å². The van der Waals surface area contributed by atoms with Gasteiger partial charge in [-0.1, -0.05) is 0 Å². The quantitative estimate of drug-likeness (QED) is 0.850. The van der Waals surface area contributed by atoms with E-state index in [2.05, 4.69) is 35.6 Å². The lowest BCUT2D eigenvalue weighted by Gasteiger charge is -2.30. The van der Waals surface area contributed by atoms with E-state index in [9.17, 15) is 0 Å². The third kappa shape index (κ3) is 2.24. The van der Waals surface area contributed by atoms with Gasteiger partial charge in [-0.05, 0) is 26.8 Å². The van der Waals surface area contributed by atoms with Gasteiger partial charge in [-0.15, -0.1) is 0 Å². The topological polar surface area (TPSA) is 52.0 Å². The Morgan fingerprint density at radius 2 is 2.26 bits per heavy atom. The molecular weight excluding hydrogens is 240 g/mol. The second-order valence-electron chi connectivity index (χ2n) is 5.92. The number of imidazole rings is 1. The Kier molecular flexibility index (Phi) is 3.03. The Morgan fingerprint density at radius 1 is 1.42 bits per heavy atom. The second kappa shape index (κ2) is 4.58. The Labute approximate surface area is 113 Å². The van der Waals surface area contributed by atoms with Crippen molar-refractivity contribution < 1.29 is 4.74 Å². The van der Waals surface area contributed by atoms with Gasteiger partial charge in [0.15, 0.2) is 0 Å². The summed E-state index contributed by atoms with van der Waals surface area (Å²) >= 11 is 0. The van der Waals surface area contributed by atoms with Crippen LogP contribution in [0, 0.1) is 0 Å². The van der Waals surface area contributed by atoms with Crippen molar-refractivity contribution in [1.29, 1.82) is 0 Å². The molecule has 3 rings (SSSR count). The highest BCUT2D eigenvalue weighted by atomic mass is 16.5. The molecule has 0 aliphatic carbocycles. The van der Waals surface area contributed by atoms with Crippen LogP contribution in [0.3, 0.4) is 0 Å². The molecule has 1 saturated heterocycles. The van der Waals surface area contributed by atoms with Crippen molar-refractivity contribution in [3.8, 4) is 0 Å². The summed E-state index contributed by atoms with van der Waals surface area (Å²) in [5, 5.41) is 3.48. The minimum Gasteiger partial charge on any atom is -0.378 e. The predicted octanol–water partition coefficient (Wildman–Crippen LogP) is 1.85. The van der Waals surface area contributed by atoms with Crippen LogP contribution in [0.15, 0.2) is 18.5 Å². The largest absolute Gasteiger partial charge is 0.378 e. The van der Waals surface area contributed by atoms with Gasteiger partial charge in [0.1, 0.15) is 11.3 Å². The molecule has 1 N–H and O–H groups in total. The third-order valence-corrected chi connectivity index (χ3v) is 3.39. The number of hydrogen-bond acceptors (Lipinski definition) is 4. The van der Waals surface area contributed by atoms with Crippen LogP contribution in [-0.4, -0.2) is 34.3 Å². The summed E-state index contributed by atoms with van der Waals surface area (Å²) < 4.78 is 7.86. The summed E-state index contributed by atoms with van der Waals surface area (Å²) in [6.45, 7) is 8.90. The van der Waals surface area contributed by atoms with E-state index in [1.807, 2.05) is 18.5 Å². The molecule has 2 aromatic heterocycles. The molecule has 0 bridgehead atoms. The van der Waals surface area contributed by atoms with E-state index >= 15 is 0 Å². The minimum atomic E-state index is -0.0233. The summed E-state index contributed by atoms with van der Waals surface area (Å²) in [7, 11) is 0. The number of morpholine rings is 1. The van der Waals surface area contributed by atoms with Gasteiger partial charge >= 0.3 is 0 Å². The number of ether oxygens (including phenoxy) is 1. The average molecular weight is 260 g/mol. The summed E-state index contributed by atoms with van der Waals surface area (Å²) in [5.74, 6) is 1.04. The Hall–Kier alpha value is -1.46. The first-order valence-corrected chi connectivity index (χ1v) is 6.71. The SMILES string of the molecule is CC(C)(C)n1c(C2COCCN2)nc2cnccc21. The van der Waals surface area contributed by atoms with Crippen molar-refractivity contribution in [2.24, 2.45) is 0 Å². The van der Waals surface area contributed by atoms with Gasteiger partial charge in [0.2, 0.25) is 0 Å². The highest BCUT2D eigenvalue weighted by molar-refractivity contribution is 5.75. The lowest BCUT2D eigenvalue weighted by atomic mass is 10.1. The zero-order chi connectivity index (χ0) is 13.5. The number of fused-ring (bicyclic) bond motifs is 1. The second-order valence-corrected chi connectivity index (χ2v) is 5.92. The molecule has 1 unspecified atom stereocenters. The molecule has 102 valence electrons. The maximum absolute atomic E-state index is 5.57. The maximum Gasteiger partial charge on any atom is 0.130 e. The van der Waals surface area contributed by atoms with Crippen LogP contribution in [0.1, 0.15) is 32.6 Å². The van der Waals surface area contributed by atoms with Gasteiger partial charge in [0.05, 0.1) is 31.0 Å². The zero-order valence-corrected chi connectivity index (χ0v) is 11.7. The van der Waals surface area contributed by atoms with E-state index < -0.39 is 0 Å². The number of aromatic nitrogens is 3. The zero-order valence-electron chi connectivity index (χ0n) is 11.7. The lowest BCUT2D eigenvalue weighted by Crippen LogP contribution is -2.38. The normalized spacial score (nSPS) is 20.9. The van der Waals surface area contributed by atoms with E-state index in [-0.39, 0.29) is 11.6 Å². The highest BCUT2D eigenvalue weighted by Crippen LogP contribution is 2.28. The molecule has 0 aromatic carbocycles. The molecule has 1 aliphatic rings. The number of hydrogen-bond donors (Lipinski definition) is 1. The fourth-order valence-corrected chi connectivity index (χ4v) is 2.62. The molecule has 1 fully saturated rings. The molecule has 1 aliphatic heterocycles. The molecule has 0 spiro atoms. The van der Waals surface area contributed by atoms with Gasteiger partial charge in [-0.2, -0.15) is 0 Å². The third-order valence-electron chi connectivity index (χ3n) is 3.39. The van der Waals surface area contributed by atoms with E-state index in [1.165, 1.54) is 0 Å². The first-order chi connectivity index (χ1) is 9.07. The van der Waals surface area contributed by atoms with Crippen LogP contribution in [0.5, 0.6) is 0 Å². The standard InChI is InChI=1S/C14H20N4O/c1-14(2,3)18-12-4-5-15-8-10(12)17-13(18)11-9-19-7-6-16-11/h4-5,8,11,16H,6-7,9H2,1-3H3. The molecule has 0 saturated carbocycles. The van der Waals surface area contributed by atoms with E-state index in [0.29, 0.717) is 6.61 Å². The first kappa shape index (κ1) is 12.6. The summed E-state index contributed by atoms with van der Waals surface area (Å²) in [6.07, 6.45) is 3.64. The molecule has 5 nitrogen and oxygen atoms in total. The Balaban J connectivity index is 2.17. The highest BCUT2D eigenvalue weighted by Gasteiger charge is 2.27. The molecule has 2 aromatic rings. The molecule has 0 radical (unpaired) electrons. The van der Waals surface area contributed by atoms with Gasteiger partial charge in [0.25, 0.3) is 0 Å². The number of pyridine rings is 1. The summed E-state index contributed by atoms with van der Waals surface area (Å²) in [4.78, 5) is 8.93. The summed E-state index contributed by atoms with van der Waals surface area (Å²) in [6, 6.07) is 2.18.